The third-order valence-corrected chi connectivity index (χ3v) is 3.84. The molecular formula is C15H19N3S. The van der Waals surface area contributed by atoms with Crippen molar-refractivity contribution in [3.63, 3.8) is 0 Å². The second kappa shape index (κ2) is 6.06. The van der Waals surface area contributed by atoms with E-state index in [0.29, 0.717) is 11.7 Å². The fraction of sp³-hybridized carbons (Fsp3) is 0.333. The predicted molar refractivity (Wildman–Crippen MR) is 81.3 cm³/mol. The number of aryl methyl sites for hydroxylation is 1. The third-order valence-electron chi connectivity index (χ3n) is 2.84. The van der Waals surface area contributed by atoms with Gasteiger partial charge >= 0.3 is 0 Å². The maximum absolute atomic E-state index is 5.72. The molecule has 100 valence electrons. The number of aromatic nitrogens is 2. The highest BCUT2D eigenvalue weighted by Crippen LogP contribution is 2.24. The van der Waals surface area contributed by atoms with Gasteiger partial charge in [-0.05, 0) is 30.5 Å². The molecule has 0 bridgehead atoms. The van der Waals surface area contributed by atoms with Crippen molar-refractivity contribution in [3.05, 3.63) is 47.4 Å². The van der Waals surface area contributed by atoms with Gasteiger partial charge in [0.15, 0.2) is 0 Å². The lowest BCUT2D eigenvalue weighted by molar-refractivity contribution is 0.865. The van der Waals surface area contributed by atoms with Gasteiger partial charge in [-0.3, -0.25) is 0 Å². The van der Waals surface area contributed by atoms with E-state index in [-0.39, 0.29) is 0 Å². The van der Waals surface area contributed by atoms with Gasteiger partial charge in [0.2, 0.25) is 0 Å². The van der Waals surface area contributed by atoms with Gasteiger partial charge in [-0.25, -0.2) is 9.97 Å². The monoisotopic (exact) mass is 273 g/mol. The van der Waals surface area contributed by atoms with Gasteiger partial charge in [0, 0.05) is 16.7 Å². The van der Waals surface area contributed by atoms with Crippen LogP contribution in [0.25, 0.3) is 0 Å². The van der Waals surface area contributed by atoms with Crippen LogP contribution in [0.1, 0.15) is 36.8 Å². The molecule has 1 aromatic heterocycles. The van der Waals surface area contributed by atoms with Crippen LogP contribution in [0.5, 0.6) is 0 Å². The molecule has 0 aliphatic carbocycles. The maximum Gasteiger partial charge on any atom is 0.141 e. The predicted octanol–water partition coefficient (Wildman–Crippen LogP) is 3.78. The number of benzene rings is 1. The summed E-state index contributed by atoms with van der Waals surface area (Å²) >= 11 is 1.73. The number of nitrogen functional groups attached to an aromatic ring is 1. The van der Waals surface area contributed by atoms with Gasteiger partial charge in [-0.2, -0.15) is 0 Å². The van der Waals surface area contributed by atoms with E-state index < -0.39 is 0 Å². The standard InChI is InChI=1S/C15H19N3S/c1-10(2)12-4-6-13(7-5-12)19-9-15-17-11(3)8-14(16)18-15/h4-8,10H,9H2,1-3H3,(H2,16,17,18). The number of hydrogen-bond acceptors (Lipinski definition) is 4. The van der Waals surface area contributed by atoms with Crippen LogP contribution in [0.2, 0.25) is 0 Å². The first-order chi connectivity index (χ1) is 9.04. The Morgan fingerprint density at radius 1 is 1.16 bits per heavy atom. The molecule has 2 aromatic rings. The quantitative estimate of drug-likeness (QED) is 0.861. The van der Waals surface area contributed by atoms with Gasteiger partial charge in [0.1, 0.15) is 11.6 Å². The molecule has 4 heteroatoms. The van der Waals surface area contributed by atoms with Crippen LogP contribution >= 0.6 is 11.8 Å². The fourth-order valence-electron chi connectivity index (χ4n) is 1.82. The molecule has 0 aliphatic heterocycles. The Hall–Kier alpha value is -1.55. The molecule has 19 heavy (non-hydrogen) atoms. The molecule has 1 aromatic carbocycles. The van der Waals surface area contributed by atoms with E-state index in [1.54, 1.807) is 17.8 Å². The van der Waals surface area contributed by atoms with Crippen LogP contribution in [0.15, 0.2) is 35.2 Å². The molecule has 0 saturated carbocycles. The maximum atomic E-state index is 5.72. The second-order valence-corrected chi connectivity index (χ2v) is 5.91. The third kappa shape index (κ3) is 3.96. The van der Waals surface area contributed by atoms with Crippen molar-refractivity contribution in [1.29, 1.82) is 0 Å². The molecule has 1 heterocycles. The lowest BCUT2D eigenvalue weighted by Gasteiger charge is -2.07. The first kappa shape index (κ1) is 13.9. The Labute approximate surface area is 118 Å². The van der Waals surface area contributed by atoms with Crippen LogP contribution in [-0.2, 0) is 5.75 Å². The Kier molecular flexibility index (Phi) is 4.43. The molecular weight excluding hydrogens is 254 g/mol. The normalized spacial score (nSPS) is 10.9. The molecule has 0 fully saturated rings. The molecule has 0 atom stereocenters. The van der Waals surface area contributed by atoms with Gasteiger partial charge in [0.05, 0.1) is 5.75 Å². The minimum atomic E-state index is 0.540. The number of nitrogens with two attached hydrogens (primary N) is 1. The zero-order valence-electron chi connectivity index (χ0n) is 11.6. The van der Waals surface area contributed by atoms with Crippen molar-refractivity contribution in [2.24, 2.45) is 0 Å². The molecule has 0 spiro atoms. The summed E-state index contributed by atoms with van der Waals surface area (Å²) in [6.07, 6.45) is 0. The summed E-state index contributed by atoms with van der Waals surface area (Å²) in [5.41, 5.74) is 8.00. The summed E-state index contributed by atoms with van der Waals surface area (Å²) < 4.78 is 0. The molecule has 0 amide bonds. The molecule has 0 aliphatic rings. The summed E-state index contributed by atoms with van der Waals surface area (Å²) in [7, 11) is 0. The van der Waals surface area contributed by atoms with Gasteiger partial charge in [0.25, 0.3) is 0 Å². The number of rotatable bonds is 4. The summed E-state index contributed by atoms with van der Waals surface area (Å²) in [5, 5.41) is 0. The fourth-order valence-corrected chi connectivity index (χ4v) is 2.57. The van der Waals surface area contributed by atoms with Gasteiger partial charge < -0.3 is 5.73 Å². The van der Waals surface area contributed by atoms with E-state index in [1.807, 2.05) is 6.92 Å². The van der Waals surface area contributed by atoms with E-state index in [1.165, 1.54) is 10.5 Å². The minimum Gasteiger partial charge on any atom is -0.384 e. The molecule has 0 unspecified atom stereocenters. The first-order valence-corrected chi connectivity index (χ1v) is 7.36. The highest BCUT2D eigenvalue weighted by atomic mass is 32.2. The van der Waals surface area contributed by atoms with Crippen LogP contribution in [0.4, 0.5) is 5.82 Å². The number of anilines is 1. The molecule has 2 N–H and O–H groups in total. The van der Waals surface area contributed by atoms with E-state index in [2.05, 4.69) is 48.1 Å². The van der Waals surface area contributed by atoms with E-state index in [4.69, 9.17) is 5.73 Å². The zero-order valence-corrected chi connectivity index (χ0v) is 12.4. The van der Waals surface area contributed by atoms with Crippen molar-refractivity contribution in [2.75, 3.05) is 5.73 Å². The second-order valence-electron chi connectivity index (χ2n) is 4.86. The highest BCUT2D eigenvalue weighted by Gasteiger charge is 2.03. The lowest BCUT2D eigenvalue weighted by Crippen LogP contribution is -1.99. The van der Waals surface area contributed by atoms with Gasteiger partial charge in [-0.15, -0.1) is 11.8 Å². The summed E-state index contributed by atoms with van der Waals surface area (Å²) in [6.45, 7) is 6.33. The summed E-state index contributed by atoms with van der Waals surface area (Å²) in [4.78, 5) is 9.85. The van der Waals surface area contributed by atoms with Crippen molar-refractivity contribution in [1.82, 2.24) is 9.97 Å². The smallest absolute Gasteiger partial charge is 0.141 e. The zero-order chi connectivity index (χ0) is 13.8. The number of thioether (sulfide) groups is 1. The average molecular weight is 273 g/mol. The lowest BCUT2D eigenvalue weighted by atomic mass is 10.0. The van der Waals surface area contributed by atoms with Crippen LogP contribution in [-0.4, -0.2) is 9.97 Å². The minimum absolute atomic E-state index is 0.540. The topological polar surface area (TPSA) is 51.8 Å². The van der Waals surface area contributed by atoms with Crippen LogP contribution in [0, 0.1) is 6.92 Å². The SMILES string of the molecule is Cc1cc(N)nc(CSc2ccc(C(C)C)cc2)n1. The van der Waals surface area contributed by atoms with Gasteiger partial charge in [-0.1, -0.05) is 26.0 Å². The van der Waals surface area contributed by atoms with Crippen molar-refractivity contribution < 1.29 is 0 Å². The summed E-state index contributed by atoms with van der Waals surface area (Å²) in [5.74, 6) is 2.64. The Morgan fingerprint density at radius 3 is 2.42 bits per heavy atom. The first-order valence-electron chi connectivity index (χ1n) is 6.37. The summed E-state index contributed by atoms with van der Waals surface area (Å²) in [6, 6.07) is 10.4. The molecule has 0 saturated heterocycles. The van der Waals surface area contributed by atoms with Crippen molar-refractivity contribution >= 4 is 17.6 Å². The number of hydrogen-bond donors (Lipinski definition) is 1. The van der Waals surface area contributed by atoms with E-state index in [0.717, 1.165) is 17.3 Å². The average Bonchev–Trinajstić information content (AvgIpc) is 2.36. The van der Waals surface area contributed by atoms with E-state index in [9.17, 15) is 0 Å². The Morgan fingerprint density at radius 2 is 1.84 bits per heavy atom. The Balaban J connectivity index is 2.02. The number of nitrogens with zero attached hydrogens (tertiary/aromatic N) is 2. The van der Waals surface area contributed by atoms with Crippen LogP contribution < -0.4 is 5.73 Å². The molecule has 0 radical (unpaired) electrons. The van der Waals surface area contributed by atoms with Crippen LogP contribution in [0.3, 0.4) is 0 Å². The largest absolute Gasteiger partial charge is 0.384 e. The highest BCUT2D eigenvalue weighted by molar-refractivity contribution is 7.98. The Bertz CT molecular complexity index is 530. The van der Waals surface area contributed by atoms with Crippen molar-refractivity contribution in [3.8, 4) is 0 Å². The van der Waals surface area contributed by atoms with E-state index >= 15 is 0 Å². The van der Waals surface area contributed by atoms with Crippen molar-refractivity contribution in [2.45, 2.75) is 37.3 Å². The molecule has 2 rings (SSSR count). The molecule has 3 nitrogen and oxygen atoms in total.